The Kier molecular flexibility index (Phi) is 12.9. The minimum atomic E-state index is -1.35. The topological polar surface area (TPSA) is 126 Å². The predicted octanol–water partition coefficient (Wildman–Crippen LogP) is 2.10. The first-order valence-electron chi connectivity index (χ1n) is 15.3. The molecule has 0 unspecified atom stereocenters. The van der Waals surface area contributed by atoms with E-state index in [0.29, 0.717) is 78.6 Å². The smallest absolute Gasteiger partial charge is 0.251 e. The zero-order valence-corrected chi connectivity index (χ0v) is 27.3. The molecule has 0 bridgehead atoms. The summed E-state index contributed by atoms with van der Waals surface area (Å²) in [5, 5.41) is 16.8. The van der Waals surface area contributed by atoms with Crippen molar-refractivity contribution in [2.75, 3.05) is 92.5 Å². The number of rotatable bonds is 17. The normalized spacial score (nSPS) is 11.0. The summed E-state index contributed by atoms with van der Waals surface area (Å²) in [4.78, 5) is 27.5. The van der Waals surface area contributed by atoms with Gasteiger partial charge in [-0.3, -0.25) is 4.79 Å². The molecule has 11 nitrogen and oxygen atoms in total. The van der Waals surface area contributed by atoms with Crippen LogP contribution in [0.5, 0.6) is 0 Å². The van der Waals surface area contributed by atoms with Crippen molar-refractivity contribution in [3.8, 4) is 34.8 Å². The van der Waals surface area contributed by atoms with Gasteiger partial charge in [-0.1, -0.05) is 12.0 Å². The lowest BCUT2D eigenvalue weighted by atomic mass is 9.89. The van der Waals surface area contributed by atoms with Crippen molar-refractivity contribution in [3.05, 3.63) is 71.1 Å². The maximum absolute atomic E-state index is 13.2. The van der Waals surface area contributed by atoms with Crippen LogP contribution in [-0.4, -0.2) is 99.5 Å². The van der Waals surface area contributed by atoms with Crippen molar-refractivity contribution >= 4 is 28.5 Å². The van der Waals surface area contributed by atoms with E-state index in [9.17, 15) is 14.7 Å². The van der Waals surface area contributed by atoms with Gasteiger partial charge in [-0.25, -0.2) is 4.58 Å². The Labute approximate surface area is 274 Å². The van der Waals surface area contributed by atoms with Gasteiger partial charge in [0.15, 0.2) is 0 Å². The van der Waals surface area contributed by atoms with Gasteiger partial charge in [-0.2, -0.15) is 0 Å². The Morgan fingerprint density at radius 1 is 0.872 bits per heavy atom. The Bertz CT molecular complexity index is 1770. The minimum Gasteiger partial charge on any atom is -0.545 e. The van der Waals surface area contributed by atoms with E-state index in [1.807, 2.05) is 74.1 Å². The number of ether oxygens (including phenoxy) is 4. The van der Waals surface area contributed by atoms with Crippen LogP contribution in [0.15, 0.2) is 59.0 Å². The summed E-state index contributed by atoms with van der Waals surface area (Å²) in [7, 11) is 7.73. The van der Waals surface area contributed by atoms with Gasteiger partial charge in [0.2, 0.25) is 5.36 Å². The summed E-state index contributed by atoms with van der Waals surface area (Å²) in [5.74, 6) is 1.26. The Hall–Kier alpha value is -4.73. The van der Waals surface area contributed by atoms with Crippen molar-refractivity contribution in [3.63, 3.8) is 0 Å². The van der Waals surface area contributed by atoms with E-state index in [2.05, 4.69) is 11.2 Å². The highest BCUT2D eigenvalue weighted by Gasteiger charge is 2.22. The second-order valence-corrected chi connectivity index (χ2v) is 11.0. The number of anilines is 1. The molecule has 0 saturated heterocycles. The zero-order valence-electron chi connectivity index (χ0n) is 27.3. The van der Waals surface area contributed by atoms with Gasteiger partial charge in [0.05, 0.1) is 58.3 Å². The minimum absolute atomic E-state index is 0.0327. The lowest BCUT2D eigenvalue weighted by Crippen LogP contribution is -2.28. The van der Waals surface area contributed by atoms with Crippen LogP contribution in [0.4, 0.5) is 5.69 Å². The summed E-state index contributed by atoms with van der Waals surface area (Å²) in [5.41, 5.74) is 3.47. The average molecular weight is 644 g/mol. The molecule has 1 heterocycles. The van der Waals surface area contributed by atoms with Gasteiger partial charge in [-0.05, 0) is 35.9 Å². The monoisotopic (exact) mass is 643 g/mol. The third kappa shape index (κ3) is 9.40. The first kappa shape index (κ1) is 35.1. The Morgan fingerprint density at radius 3 is 2.19 bits per heavy atom. The van der Waals surface area contributed by atoms with Crippen LogP contribution in [0.3, 0.4) is 0 Å². The number of amides is 1. The highest BCUT2D eigenvalue weighted by molar-refractivity contribution is 6.09. The number of hydrogen-bond acceptors (Lipinski definition) is 9. The first-order chi connectivity index (χ1) is 22.7. The fraction of sp³-hybridized carbons (Fsp3) is 0.361. The molecule has 0 saturated carbocycles. The van der Waals surface area contributed by atoms with Gasteiger partial charge >= 0.3 is 0 Å². The molecule has 2 aromatic rings. The fourth-order valence-corrected chi connectivity index (χ4v) is 4.91. The van der Waals surface area contributed by atoms with Crippen molar-refractivity contribution < 1.29 is 38.1 Å². The van der Waals surface area contributed by atoms with Crippen LogP contribution >= 0.6 is 0 Å². The number of hydrogen-bond donors (Lipinski definition) is 1. The molecular weight excluding hydrogens is 602 g/mol. The van der Waals surface area contributed by atoms with Crippen LogP contribution < -0.4 is 25.3 Å². The van der Waals surface area contributed by atoms with Crippen molar-refractivity contribution in [1.82, 2.24) is 9.89 Å². The number of carbonyl (C=O) groups excluding carboxylic acids is 2. The molecule has 1 aliphatic carbocycles. The summed E-state index contributed by atoms with van der Waals surface area (Å²) in [6.07, 6.45) is 5.11. The number of nitrogens with zero attached hydrogens (tertiary/aromatic N) is 2. The number of fused-ring (bicyclic) bond motifs is 2. The third-order valence-electron chi connectivity index (χ3n) is 7.33. The molecule has 0 aromatic heterocycles. The number of carboxylic acid groups (broad SMARTS) is 1. The predicted molar refractivity (Wildman–Crippen MR) is 178 cm³/mol. The number of terminal acetylenes is 1. The zero-order chi connectivity index (χ0) is 33.8. The molecule has 11 heteroatoms. The lowest BCUT2D eigenvalue weighted by molar-refractivity contribution is -0.254. The maximum Gasteiger partial charge on any atom is 0.251 e. The molecule has 0 radical (unpaired) electrons. The number of carboxylic acids is 1. The van der Waals surface area contributed by atoms with Gasteiger partial charge in [0.25, 0.3) is 5.91 Å². The molecule has 0 fully saturated rings. The summed E-state index contributed by atoms with van der Waals surface area (Å²) < 4.78 is 29.8. The van der Waals surface area contributed by atoms with E-state index >= 15 is 0 Å². The van der Waals surface area contributed by atoms with E-state index in [1.165, 1.54) is 12.1 Å². The second kappa shape index (κ2) is 17.3. The SMILES string of the molecule is C#CCOCCOCCOCCOCCNC(=O)c1ccc(C(=O)[O-])c(-c2c3ccc(=[N+](C)C)cc-3oc3cc(N(C)C)ccc23)c1. The number of benzene rings is 3. The molecule has 2 aromatic carbocycles. The summed E-state index contributed by atoms with van der Waals surface area (Å²) in [6.45, 7) is 3.29. The Balaban J connectivity index is 1.47. The number of nitrogens with one attached hydrogen (secondary N) is 1. The molecule has 1 aliphatic heterocycles. The van der Waals surface area contributed by atoms with E-state index in [1.54, 1.807) is 6.07 Å². The van der Waals surface area contributed by atoms with Crippen molar-refractivity contribution in [2.24, 2.45) is 0 Å². The largest absolute Gasteiger partial charge is 0.545 e. The van der Waals surface area contributed by atoms with Gasteiger partial charge < -0.3 is 43.5 Å². The standard InChI is InChI=1S/C36H41N3O8/c1-6-14-43-16-18-45-20-21-46-19-17-44-15-13-37-35(40)25-7-10-28(36(41)42)31(22-25)34-29-11-8-26(38(2)3)23-32(29)47-33-24-27(39(4)5)9-12-30(33)34/h1,7-12,22-24H,13-21H2,2-5H3,(H-,37,40,41,42). The highest BCUT2D eigenvalue weighted by Crippen LogP contribution is 2.42. The van der Waals surface area contributed by atoms with Crippen LogP contribution in [0, 0.1) is 12.3 Å². The van der Waals surface area contributed by atoms with Gasteiger partial charge in [-0.15, -0.1) is 6.42 Å². The molecule has 0 atom stereocenters. The van der Waals surface area contributed by atoms with Crippen LogP contribution in [-0.2, 0) is 18.9 Å². The average Bonchev–Trinajstić information content (AvgIpc) is 3.06. The first-order valence-corrected chi connectivity index (χ1v) is 15.3. The molecule has 1 N–H and O–H groups in total. The van der Waals surface area contributed by atoms with Gasteiger partial charge in [0.1, 0.15) is 32.0 Å². The number of aromatic carboxylic acids is 1. The second-order valence-electron chi connectivity index (χ2n) is 11.0. The van der Waals surface area contributed by atoms with E-state index in [0.717, 1.165) is 11.0 Å². The lowest BCUT2D eigenvalue weighted by Gasteiger charge is -2.20. The molecule has 0 spiro atoms. The number of carbonyl (C=O) groups is 2. The van der Waals surface area contributed by atoms with Crippen LogP contribution in [0.25, 0.3) is 33.4 Å². The molecular formula is C36H41N3O8. The molecule has 47 heavy (non-hydrogen) atoms. The third-order valence-corrected chi connectivity index (χ3v) is 7.33. The van der Waals surface area contributed by atoms with Crippen molar-refractivity contribution in [2.45, 2.75) is 0 Å². The highest BCUT2D eigenvalue weighted by atomic mass is 16.6. The summed E-state index contributed by atoms with van der Waals surface area (Å²) >= 11 is 0. The van der Waals surface area contributed by atoms with Crippen molar-refractivity contribution in [1.29, 1.82) is 0 Å². The van der Waals surface area contributed by atoms with E-state index < -0.39 is 5.97 Å². The van der Waals surface area contributed by atoms with Gasteiger partial charge in [0, 0.05) is 66.1 Å². The van der Waals surface area contributed by atoms with Crippen LogP contribution in [0.2, 0.25) is 0 Å². The fourth-order valence-electron chi connectivity index (χ4n) is 4.91. The molecule has 1 amide bonds. The molecule has 4 rings (SSSR count). The van der Waals surface area contributed by atoms with E-state index in [4.69, 9.17) is 29.8 Å². The van der Waals surface area contributed by atoms with E-state index in [-0.39, 0.29) is 31.2 Å². The Morgan fingerprint density at radius 2 is 1.55 bits per heavy atom. The maximum atomic E-state index is 13.2. The molecule has 2 aliphatic rings. The molecule has 248 valence electrons. The van der Waals surface area contributed by atoms with Crippen LogP contribution in [0.1, 0.15) is 20.7 Å². The summed E-state index contributed by atoms with van der Waals surface area (Å²) in [6, 6.07) is 16.0. The quantitative estimate of drug-likeness (QED) is 0.0797.